The fourth-order valence-electron chi connectivity index (χ4n) is 3.52. The van der Waals surface area contributed by atoms with Crippen molar-refractivity contribution in [2.45, 2.75) is 6.42 Å². The Balaban J connectivity index is 1.29. The van der Waals surface area contributed by atoms with Crippen molar-refractivity contribution >= 4 is 35.0 Å². The van der Waals surface area contributed by atoms with Crippen molar-refractivity contribution in [2.75, 3.05) is 32.7 Å². The Morgan fingerprint density at radius 3 is 2.04 bits per heavy atom. The van der Waals surface area contributed by atoms with E-state index in [-0.39, 0.29) is 36.6 Å². The van der Waals surface area contributed by atoms with Gasteiger partial charge in [-0.15, -0.1) is 11.3 Å². The van der Waals surface area contributed by atoms with Crippen molar-refractivity contribution in [1.29, 1.82) is 0 Å². The zero-order valence-corrected chi connectivity index (χ0v) is 16.0. The molecule has 1 aromatic heterocycles. The monoisotopic (exact) mass is 397 g/mol. The summed E-state index contributed by atoms with van der Waals surface area (Å²) in [7, 11) is 0. The second-order valence-electron chi connectivity index (χ2n) is 6.71. The Kier molecular flexibility index (Phi) is 4.95. The van der Waals surface area contributed by atoms with Crippen LogP contribution in [0.4, 0.5) is 0 Å². The molecule has 2 aliphatic rings. The maximum atomic E-state index is 12.5. The minimum atomic E-state index is -0.347. The summed E-state index contributed by atoms with van der Waals surface area (Å²) in [6.45, 7) is 1.95. The van der Waals surface area contributed by atoms with Gasteiger partial charge in [0, 0.05) is 39.1 Å². The van der Waals surface area contributed by atoms with Crippen LogP contribution in [0.1, 0.15) is 36.8 Å². The molecule has 4 amide bonds. The summed E-state index contributed by atoms with van der Waals surface area (Å²) < 4.78 is 0. The van der Waals surface area contributed by atoms with E-state index in [0.717, 1.165) is 4.90 Å². The molecule has 0 radical (unpaired) electrons. The van der Waals surface area contributed by atoms with E-state index in [2.05, 4.69) is 0 Å². The number of piperazine rings is 1. The van der Waals surface area contributed by atoms with E-state index < -0.39 is 0 Å². The predicted octanol–water partition coefficient (Wildman–Crippen LogP) is 1.72. The molecule has 0 atom stereocenters. The van der Waals surface area contributed by atoms with Gasteiger partial charge in [0.15, 0.2) is 0 Å². The minimum absolute atomic E-state index is 0.00637. The van der Waals surface area contributed by atoms with Gasteiger partial charge in [0.05, 0.1) is 16.0 Å². The molecule has 28 heavy (non-hydrogen) atoms. The average Bonchev–Trinajstić information content (AvgIpc) is 3.35. The van der Waals surface area contributed by atoms with E-state index in [1.165, 1.54) is 11.3 Å². The van der Waals surface area contributed by atoms with Gasteiger partial charge in [-0.05, 0) is 23.6 Å². The fraction of sp³-hybridized carbons (Fsp3) is 0.300. The number of carbonyl (C=O) groups is 4. The van der Waals surface area contributed by atoms with E-state index in [1.54, 1.807) is 40.1 Å². The maximum absolute atomic E-state index is 12.5. The van der Waals surface area contributed by atoms with Crippen molar-refractivity contribution < 1.29 is 19.2 Å². The molecule has 2 aliphatic heterocycles. The molecule has 0 bridgehead atoms. The lowest BCUT2D eigenvalue weighted by Crippen LogP contribution is -2.51. The van der Waals surface area contributed by atoms with Crippen molar-refractivity contribution in [1.82, 2.24) is 14.7 Å². The third-order valence-corrected chi connectivity index (χ3v) is 5.94. The highest BCUT2D eigenvalue weighted by Crippen LogP contribution is 2.22. The molecule has 0 spiro atoms. The smallest absolute Gasteiger partial charge is 0.264 e. The van der Waals surface area contributed by atoms with Crippen molar-refractivity contribution in [3.05, 3.63) is 57.8 Å². The SMILES string of the molecule is O=C(CCN1C(=O)c2ccccc2C1=O)N1CCN(C(=O)c2cccs2)CC1. The highest BCUT2D eigenvalue weighted by molar-refractivity contribution is 7.12. The number of benzene rings is 1. The Morgan fingerprint density at radius 2 is 1.46 bits per heavy atom. The molecule has 0 unspecified atom stereocenters. The van der Waals surface area contributed by atoms with Gasteiger partial charge in [-0.3, -0.25) is 24.1 Å². The summed E-state index contributed by atoms with van der Waals surface area (Å²) in [5.41, 5.74) is 0.779. The Bertz CT molecular complexity index is 898. The minimum Gasteiger partial charge on any atom is -0.339 e. The van der Waals surface area contributed by atoms with Crippen LogP contribution < -0.4 is 0 Å². The van der Waals surface area contributed by atoms with Crippen molar-refractivity contribution in [3.63, 3.8) is 0 Å². The van der Waals surface area contributed by atoms with E-state index in [4.69, 9.17) is 0 Å². The second-order valence-corrected chi connectivity index (χ2v) is 7.66. The molecule has 4 rings (SSSR count). The highest BCUT2D eigenvalue weighted by atomic mass is 32.1. The Labute approximate surface area is 166 Å². The lowest BCUT2D eigenvalue weighted by Gasteiger charge is -2.34. The van der Waals surface area contributed by atoms with Gasteiger partial charge in [-0.1, -0.05) is 18.2 Å². The van der Waals surface area contributed by atoms with Gasteiger partial charge in [-0.2, -0.15) is 0 Å². The number of imide groups is 1. The first-order valence-electron chi connectivity index (χ1n) is 9.12. The van der Waals surface area contributed by atoms with Gasteiger partial charge in [-0.25, -0.2) is 0 Å². The van der Waals surface area contributed by atoms with Crippen LogP contribution in [0.5, 0.6) is 0 Å². The lowest BCUT2D eigenvalue weighted by molar-refractivity contribution is -0.132. The van der Waals surface area contributed by atoms with Gasteiger partial charge in [0.25, 0.3) is 17.7 Å². The molecule has 1 aromatic carbocycles. The zero-order valence-electron chi connectivity index (χ0n) is 15.2. The number of fused-ring (bicyclic) bond motifs is 1. The average molecular weight is 397 g/mol. The largest absolute Gasteiger partial charge is 0.339 e. The van der Waals surface area contributed by atoms with Gasteiger partial charge in [0.1, 0.15) is 0 Å². The number of amides is 4. The number of carbonyl (C=O) groups excluding carboxylic acids is 4. The number of hydrogen-bond acceptors (Lipinski definition) is 5. The van der Waals surface area contributed by atoms with E-state index in [0.29, 0.717) is 42.2 Å². The van der Waals surface area contributed by atoms with Crippen LogP contribution in [0.15, 0.2) is 41.8 Å². The molecule has 0 aliphatic carbocycles. The third-order valence-electron chi connectivity index (χ3n) is 5.08. The first-order valence-corrected chi connectivity index (χ1v) is 10.00. The van der Waals surface area contributed by atoms with Gasteiger partial charge in [0.2, 0.25) is 5.91 Å². The summed E-state index contributed by atoms with van der Waals surface area (Å²) in [6, 6.07) is 10.3. The van der Waals surface area contributed by atoms with Crippen LogP contribution >= 0.6 is 11.3 Å². The quantitative estimate of drug-likeness (QED) is 0.736. The van der Waals surface area contributed by atoms with Crippen LogP contribution in [0.25, 0.3) is 0 Å². The van der Waals surface area contributed by atoms with Crippen LogP contribution in [0, 0.1) is 0 Å². The molecule has 7 nitrogen and oxygen atoms in total. The first kappa shape index (κ1) is 18.4. The molecule has 2 aromatic rings. The number of rotatable bonds is 4. The molecule has 0 saturated carbocycles. The summed E-state index contributed by atoms with van der Waals surface area (Å²) in [5.74, 6) is -0.813. The molecule has 8 heteroatoms. The standard InChI is InChI=1S/C20H19N3O4S/c24-17(7-8-23-18(25)14-4-1-2-5-15(14)19(23)26)21-9-11-22(12-10-21)20(27)16-6-3-13-28-16/h1-6,13H,7-12H2. The Morgan fingerprint density at radius 1 is 0.857 bits per heavy atom. The molecular weight excluding hydrogens is 378 g/mol. The Hall–Kier alpha value is -3.00. The number of hydrogen-bond donors (Lipinski definition) is 0. The second kappa shape index (κ2) is 7.55. The summed E-state index contributed by atoms with van der Waals surface area (Å²) >= 11 is 1.41. The lowest BCUT2D eigenvalue weighted by atomic mass is 10.1. The zero-order chi connectivity index (χ0) is 19.7. The summed E-state index contributed by atoms with van der Waals surface area (Å²) in [6.07, 6.45) is 0.0876. The topological polar surface area (TPSA) is 78.0 Å². The third kappa shape index (κ3) is 3.31. The van der Waals surface area contributed by atoms with Gasteiger partial charge < -0.3 is 9.80 Å². The van der Waals surface area contributed by atoms with E-state index >= 15 is 0 Å². The molecule has 144 valence electrons. The normalized spacial score (nSPS) is 16.5. The predicted molar refractivity (Wildman–Crippen MR) is 103 cm³/mol. The van der Waals surface area contributed by atoms with E-state index in [1.807, 2.05) is 11.4 Å². The van der Waals surface area contributed by atoms with Crippen molar-refractivity contribution in [2.24, 2.45) is 0 Å². The van der Waals surface area contributed by atoms with Crippen LogP contribution in [-0.2, 0) is 4.79 Å². The molecular formula is C20H19N3O4S. The summed E-state index contributed by atoms with van der Waals surface area (Å²) in [5, 5.41) is 1.87. The molecule has 3 heterocycles. The number of nitrogens with zero attached hydrogens (tertiary/aromatic N) is 3. The van der Waals surface area contributed by atoms with E-state index in [9.17, 15) is 19.2 Å². The summed E-state index contributed by atoms with van der Waals surface area (Å²) in [4.78, 5) is 54.9. The molecule has 1 fully saturated rings. The molecule has 0 N–H and O–H groups in total. The van der Waals surface area contributed by atoms with Crippen molar-refractivity contribution in [3.8, 4) is 0 Å². The van der Waals surface area contributed by atoms with Crippen LogP contribution in [0.3, 0.4) is 0 Å². The van der Waals surface area contributed by atoms with Crippen LogP contribution in [0.2, 0.25) is 0 Å². The molecule has 1 saturated heterocycles. The fourth-order valence-corrected chi connectivity index (χ4v) is 4.21. The van der Waals surface area contributed by atoms with Crippen LogP contribution in [-0.4, -0.2) is 71.1 Å². The highest BCUT2D eigenvalue weighted by Gasteiger charge is 2.35. The first-order chi connectivity index (χ1) is 13.6. The van der Waals surface area contributed by atoms with Gasteiger partial charge >= 0.3 is 0 Å². The number of thiophene rings is 1. The maximum Gasteiger partial charge on any atom is 0.264 e.